The summed E-state index contributed by atoms with van der Waals surface area (Å²) < 4.78 is 0.768. The van der Waals surface area contributed by atoms with Crippen molar-refractivity contribution >= 4 is 45.0 Å². The van der Waals surface area contributed by atoms with Gasteiger partial charge in [0.05, 0.1) is 10.9 Å². The zero-order valence-electron chi connectivity index (χ0n) is 16.8. The van der Waals surface area contributed by atoms with Gasteiger partial charge in [0.2, 0.25) is 11.9 Å². The van der Waals surface area contributed by atoms with Gasteiger partial charge in [-0.25, -0.2) is 4.98 Å². The van der Waals surface area contributed by atoms with Crippen molar-refractivity contribution in [2.45, 2.75) is 19.8 Å². The molecule has 0 aliphatic carbocycles. The van der Waals surface area contributed by atoms with Gasteiger partial charge in [0.25, 0.3) is 0 Å². The molecule has 1 amide bonds. The molecule has 3 rings (SSSR count). The van der Waals surface area contributed by atoms with E-state index < -0.39 is 0 Å². The van der Waals surface area contributed by atoms with Crippen LogP contribution < -0.4 is 21.7 Å². The lowest BCUT2D eigenvalue weighted by molar-refractivity contribution is -0.120. The molecule has 0 unspecified atom stereocenters. The van der Waals surface area contributed by atoms with E-state index >= 15 is 0 Å². The molecule has 3 aromatic rings. The third-order valence-corrected chi connectivity index (χ3v) is 4.92. The molecule has 0 radical (unpaired) electrons. The van der Waals surface area contributed by atoms with Crippen molar-refractivity contribution in [3.8, 4) is 0 Å². The van der Waals surface area contributed by atoms with Crippen molar-refractivity contribution in [3.63, 3.8) is 0 Å². The lowest BCUT2D eigenvalue weighted by Crippen LogP contribution is -2.27. The van der Waals surface area contributed by atoms with Gasteiger partial charge in [0.1, 0.15) is 5.82 Å². The SMILES string of the molecule is Cc1ccc(CC(=O)NCCCNc2nc(Nc3cccc(N)c3)ncc2Br)cc1. The van der Waals surface area contributed by atoms with Crippen molar-refractivity contribution in [2.24, 2.45) is 0 Å². The fourth-order valence-corrected chi connectivity index (χ4v) is 3.10. The average Bonchev–Trinajstić information content (AvgIpc) is 2.72. The van der Waals surface area contributed by atoms with Crippen LogP contribution in [-0.2, 0) is 11.2 Å². The summed E-state index contributed by atoms with van der Waals surface area (Å²) in [5, 5.41) is 9.35. The number of carbonyl (C=O) groups excluding carboxylic acids is 1. The van der Waals surface area contributed by atoms with Crippen LogP contribution in [0.1, 0.15) is 17.5 Å². The number of halogens is 1. The Morgan fingerprint density at radius 2 is 1.93 bits per heavy atom. The lowest BCUT2D eigenvalue weighted by atomic mass is 10.1. The summed E-state index contributed by atoms with van der Waals surface area (Å²) in [4.78, 5) is 20.8. The minimum Gasteiger partial charge on any atom is -0.399 e. The zero-order chi connectivity index (χ0) is 21.3. The molecule has 1 aromatic heterocycles. The molecule has 156 valence electrons. The normalized spacial score (nSPS) is 10.5. The van der Waals surface area contributed by atoms with E-state index in [0.29, 0.717) is 37.0 Å². The number of nitrogens with two attached hydrogens (primary N) is 1. The van der Waals surface area contributed by atoms with Crippen molar-refractivity contribution in [1.29, 1.82) is 0 Å². The Morgan fingerprint density at radius 3 is 2.70 bits per heavy atom. The number of carbonyl (C=O) groups is 1. The van der Waals surface area contributed by atoms with Crippen LogP contribution in [0.3, 0.4) is 0 Å². The van der Waals surface area contributed by atoms with Crippen LogP contribution in [0.15, 0.2) is 59.2 Å². The van der Waals surface area contributed by atoms with Gasteiger partial charge in [-0.3, -0.25) is 4.79 Å². The number of rotatable bonds is 9. The molecule has 0 fully saturated rings. The highest BCUT2D eigenvalue weighted by atomic mass is 79.9. The van der Waals surface area contributed by atoms with E-state index in [9.17, 15) is 4.79 Å². The maximum absolute atomic E-state index is 12.1. The third kappa shape index (κ3) is 6.73. The van der Waals surface area contributed by atoms with Crippen LogP contribution in [0.2, 0.25) is 0 Å². The summed E-state index contributed by atoms with van der Waals surface area (Å²) in [6, 6.07) is 15.4. The molecule has 0 saturated carbocycles. The monoisotopic (exact) mass is 468 g/mol. The van der Waals surface area contributed by atoms with Gasteiger partial charge >= 0.3 is 0 Å². The summed E-state index contributed by atoms with van der Waals surface area (Å²) in [5.74, 6) is 1.18. The van der Waals surface area contributed by atoms with Crippen molar-refractivity contribution in [3.05, 3.63) is 70.3 Å². The minimum absolute atomic E-state index is 0.0238. The lowest BCUT2D eigenvalue weighted by Gasteiger charge is -2.11. The smallest absolute Gasteiger partial charge is 0.229 e. The Kier molecular flexibility index (Phi) is 7.62. The number of hydrogen-bond donors (Lipinski definition) is 4. The molecule has 30 heavy (non-hydrogen) atoms. The van der Waals surface area contributed by atoms with Gasteiger partial charge in [-0.15, -0.1) is 0 Å². The number of aromatic nitrogens is 2. The van der Waals surface area contributed by atoms with E-state index in [2.05, 4.69) is 41.8 Å². The molecule has 0 saturated heterocycles. The van der Waals surface area contributed by atoms with Gasteiger partial charge in [0.15, 0.2) is 0 Å². The summed E-state index contributed by atoms with van der Waals surface area (Å²) >= 11 is 3.46. The minimum atomic E-state index is 0.0238. The van der Waals surface area contributed by atoms with Gasteiger partial charge in [-0.2, -0.15) is 4.98 Å². The maximum Gasteiger partial charge on any atom is 0.229 e. The van der Waals surface area contributed by atoms with Crippen LogP contribution in [0.25, 0.3) is 0 Å². The predicted molar refractivity (Wildman–Crippen MR) is 125 cm³/mol. The van der Waals surface area contributed by atoms with E-state index in [1.165, 1.54) is 5.56 Å². The van der Waals surface area contributed by atoms with Gasteiger partial charge in [-0.05, 0) is 53.0 Å². The number of amides is 1. The van der Waals surface area contributed by atoms with E-state index in [1.54, 1.807) is 6.20 Å². The van der Waals surface area contributed by atoms with Crippen LogP contribution in [0, 0.1) is 6.92 Å². The Bertz CT molecular complexity index is 993. The van der Waals surface area contributed by atoms with E-state index in [-0.39, 0.29) is 5.91 Å². The molecule has 2 aromatic carbocycles. The number of nitrogens with zero attached hydrogens (tertiary/aromatic N) is 2. The molecule has 0 aliphatic rings. The fraction of sp³-hybridized carbons (Fsp3) is 0.227. The number of benzene rings is 2. The van der Waals surface area contributed by atoms with Crippen molar-refractivity contribution in [2.75, 3.05) is 29.5 Å². The molecule has 1 heterocycles. The number of anilines is 4. The van der Waals surface area contributed by atoms with Crippen LogP contribution in [0.5, 0.6) is 0 Å². The molecule has 7 nitrogen and oxygen atoms in total. The highest BCUT2D eigenvalue weighted by molar-refractivity contribution is 9.10. The Morgan fingerprint density at radius 1 is 1.13 bits per heavy atom. The second-order valence-corrected chi connectivity index (χ2v) is 7.79. The largest absolute Gasteiger partial charge is 0.399 e. The van der Waals surface area contributed by atoms with Gasteiger partial charge in [-0.1, -0.05) is 35.9 Å². The topological polar surface area (TPSA) is 105 Å². The fourth-order valence-electron chi connectivity index (χ4n) is 2.77. The highest BCUT2D eigenvalue weighted by Crippen LogP contribution is 2.22. The molecule has 0 spiro atoms. The first-order chi connectivity index (χ1) is 14.5. The number of hydrogen-bond acceptors (Lipinski definition) is 6. The molecule has 8 heteroatoms. The molecule has 0 atom stereocenters. The summed E-state index contributed by atoms with van der Waals surface area (Å²) in [6.45, 7) is 3.29. The Balaban J connectivity index is 1.43. The average molecular weight is 469 g/mol. The molecule has 5 N–H and O–H groups in total. The number of nitrogen functional groups attached to an aromatic ring is 1. The van der Waals surface area contributed by atoms with E-state index in [0.717, 1.165) is 22.1 Å². The van der Waals surface area contributed by atoms with Crippen molar-refractivity contribution in [1.82, 2.24) is 15.3 Å². The van der Waals surface area contributed by atoms with Gasteiger partial charge < -0.3 is 21.7 Å². The Labute approximate surface area is 184 Å². The Hall–Kier alpha value is -3.13. The number of nitrogens with one attached hydrogen (secondary N) is 3. The van der Waals surface area contributed by atoms with Gasteiger partial charge in [0, 0.05) is 30.7 Å². The van der Waals surface area contributed by atoms with Crippen LogP contribution >= 0.6 is 15.9 Å². The zero-order valence-corrected chi connectivity index (χ0v) is 18.4. The van der Waals surface area contributed by atoms with Crippen LogP contribution in [-0.4, -0.2) is 29.0 Å². The van der Waals surface area contributed by atoms with Crippen LogP contribution in [0.4, 0.5) is 23.1 Å². The first-order valence-corrected chi connectivity index (χ1v) is 10.5. The summed E-state index contributed by atoms with van der Waals surface area (Å²) in [7, 11) is 0. The second kappa shape index (κ2) is 10.6. The second-order valence-electron chi connectivity index (χ2n) is 6.93. The molecular formula is C22H25BrN6O. The molecule has 0 aliphatic heterocycles. The molecular weight excluding hydrogens is 444 g/mol. The third-order valence-electron chi connectivity index (χ3n) is 4.34. The summed E-state index contributed by atoms with van der Waals surface area (Å²) in [5.41, 5.74) is 9.49. The first kappa shape index (κ1) is 21.6. The molecule has 0 bridgehead atoms. The highest BCUT2D eigenvalue weighted by Gasteiger charge is 2.06. The number of aryl methyl sites for hydroxylation is 1. The summed E-state index contributed by atoms with van der Waals surface area (Å²) in [6.07, 6.45) is 2.85. The predicted octanol–water partition coefficient (Wildman–Crippen LogP) is 4.03. The first-order valence-electron chi connectivity index (χ1n) is 9.71. The quantitative estimate of drug-likeness (QED) is 0.279. The van der Waals surface area contributed by atoms with E-state index in [4.69, 9.17) is 5.73 Å². The maximum atomic E-state index is 12.1. The standard InChI is InChI=1S/C22H25BrN6O/c1-15-6-8-16(9-7-15)12-20(30)25-10-3-11-26-21-19(23)14-27-22(29-21)28-18-5-2-4-17(24)13-18/h2,4-9,13-14H,3,10-12,24H2,1H3,(H,25,30)(H2,26,27,28,29). The van der Waals surface area contributed by atoms with Crippen molar-refractivity contribution < 1.29 is 4.79 Å². The van der Waals surface area contributed by atoms with E-state index in [1.807, 2.05) is 55.5 Å².